The number of benzene rings is 6. The van der Waals surface area contributed by atoms with Gasteiger partial charge in [-0.25, -0.2) is 55.9 Å². The predicted molar refractivity (Wildman–Crippen MR) is 312 cm³/mol. The molecule has 96 heavy (non-hydrogen) atoms. The van der Waals surface area contributed by atoms with Gasteiger partial charge < -0.3 is 11.0 Å². The first-order valence-electron chi connectivity index (χ1n) is 27.1. The summed E-state index contributed by atoms with van der Waals surface area (Å²) in [4.78, 5) is 33.4. The Labute approximate surface area is 579 Å². The third-order valence-electron chi connectivity index (χ3n) is 12.8. The molecule has 0 saturated heterocycles. The number of fused-ring (bicyclic) bond motifs is 6. The molecule has 0 amide bonds. The quantitative estimate of drug-likeness (QED) is 0.147. The second-order valence-corrected chi connectivity index (χ2v) is 21.2. The molecule has 0 bridgehead atoms. The molecule has 0 atom stereocenters. The second kappa shape index (κ2) is 43.6. The van der Waals surface area contributed by atoms with Gasteiger partial charge in [0.1, 0.15) is 0 Å². The molecule has 6 aromatic carbocycles. The van der Waals surface area contributed by atoms with Crippen LogP contribution in [-0.2, 0) is 84.4 Å². The van der Waals surface area contributed by atoms with Gasteiger partial charge in [0.05, 0.1) is 52.4 Å². The molecule has 0 N–H and O–H groups in total. The van der Waals surface area contributed by atoms with Crippen LogP contribution in [0.2, 0.25) is 0 Å². The van der Waals surface area contributed by atoms with Crippen LogP contribution in [0.4, 0.5) is 0 Å². The van der Waals surface area contributed by atoms with Crippen LogP contribution in [0.5, 0.6) is 0 Å². The second-order valence-electron chi connectivity index (χ2n) is 19.0. The Balaban J connectivity index is 0.000000698. The molecule has 0 unspecified atom stereocenters. The van der Waals surface area contributed by atoms with Gasteiger partial charge in [-0.05, 0) is 68.7 Å². The average Bonchev–Trinajstić information content (AvgIpc) is 0.847. The molecule has 6 aromatic heterocycles. The monoisotopic (exact) mass is 1440 g/mol. The topological polar surface area (TPSA) is 489 Å². The molecule has 30 heteroatoms. The maximum absolute atomic E-state index is 8.49. The summed E-state index contributed by atoms with van der Waals surface area (Å²) in [7, 11) is -14.8. The Morgan fingerprint density at radius 2 is 0.396 bits per heavy atom. The number of rotatable bonds is 12. The van der Waals surface area contributed by atoms with Crippen molar-refractivity contribution in [2.24, 2.45) is 0 Å². The van der Waals surface area contributed by atoms with Crippen LogP contribution in [0, 0.1) is 64.7 Å². The maximum atomic E-state index is 8.49. The van der Waals surface area contributed by atoms with E-state index in [1.807, 2.05) is 37.2 Å². The summed E-state index contributed by atoms with van der Waals surface area (Å²) in [6, 6.07) is 68.4. The zero-order valence-electron chi connectivity index (χ0n) is 51.1. The number of pyridine rings is 6. The molecule has 0 spiro atoms. The summed E-state index contributed by atoms with van der Waals surface area (Å²) in [5, 5.41) is 36.3. The van der Waals surface area contributed by atoms with Crippen molar-refractivity contribution in [3.63, 3.8) is 0 Å². The summed E-state index contributed by atoms with van der Waals surface area (Å²) in [6.45, 7) is 8.52. The van der Waals surface area contributed by atoms with E-state index in [0.717, 1.165) is 34.2 Å². The fraction of sp³-hybridized carbons (Fsp3) is 0.136. The van der Waals surface area contributed by atoms with Gasteiger partial charge in [-0.3, -0.25) is 39.7 Å². The molecule has 0 fully saturated rings. The Morgan fingerprint density at radius 3 is 0.521 bits per heavy atom. The molecule has 499 valence electrons. The van der Waals surface area contributed by atoms with Crippen LogP contribution in [0.1, 0.15) is 54.9 Å². The van der Waals surface area contributed by atoms with Crippen molar-refractivity contribution in [3.05, 3.63) is 253 Å². The van der Waals surface area contributed by atoms with Crippen molar-refractivity contribution in [1.82, 2.24) is 39.7 Å². The van der Waals surface area contributed by atoms with Crippen LogP contribution in [0.15, 0.2) is 219 Å². The van der Waals surface area contributed by atoms with E-state index in [1.165, 1.54) is 85.4 Å². The van der Waals surface area contributed by atoms with Crippen molar-refractivity contribution in [1.29, 1.82) is 15.8 Å². The van der Waals surface area contributed by atoms with E-state index in [4.69, 9.17) is 102 Å². The van der Waals surface area contributed by atoms with Crippen molar-refractivity contribution in [3.8, 4) is 18.2 Å². The maximum Gasteiger partial charge on any atom is 3.00 e. The van der Waals surface area contributed by atoms with E-state index in [1.54, 1.807) is 18.2 Å². The van der Waals surface area contributed by atoms with E-state index < -0.39 is 30.7 Å². The summed E-state index contributed by atoms with van der Waals surface area (Å²) in [5.74, 6) is 0. The minimum atomic E-state index is -4.94. The van der Waals surface area contributed by atoms with Crippen molar-refractivity contribution in [2.75, 3.05) is 0 Å². The van der Waals surface area contributed by atoms with Gasteiger partial charge in [0.2, 0.25) is 0 Å². The number of hydrogen-bond donors (Lipinski definition) is 0. The van der Waals surface area contributed by atoms with Crippen LogP contribution in [0.25, 0.3) is 64.6 Å². The summed E-state index contributed by atoms with van der Waals surface area (Å²) >= 11 is 0. The number of hydrogen-bond acceptors (Lipinski definition) is 23. The molecule has 0 aliphatic heterocycles. The van der Waals surface area contributed by atoms with Gasteiger partial charge in [0.25, 0.3) is 0 Å². The van der Waals surface area contributed by atoms with Crippen LogP contribution in [0.3, 0.4) is 0 Å². The number of aromatic nitrogens is 6. The zero-order chi connectivity index (χ0) is 67.1. The van der Waals surface area contributed by atoms with Crippen LogP contribution in [-0.4, -0.2) is 39.7 Å². The third-order valence-corrected chi connectivity index (χ3v) is 12.8. The number of nitriles is 3. The molecular formula is C66H57Cl3Mn2N11O14-4. The smallest absolute Gasteiger partial charge is 2.00 e. The van der Waals surface area contributed by atoms with Crippen molar-refractivity contribution < 1.29 is 132 Å². The van der Waals surface area contributed by atoms with E-state index in [9.17, 15) is 0 Å². The minimum absolute atomic E-state index is 0. The first-order chi connectivity index (χ1) is 43.9. The fourth-order valence-corrected chi connectivity index (χ4v) is 9.46. The van der Waals surface area contributed by atoms with E-state index in [2.05, 4.69) is 192 Å². The summed E-state index contributed by atoms with van der Waals surface area (Å²) in [5.41, 5.74) is 6.41. The molecule has 12 aromatic rings. The van der Waals surface area contributed by atoms with E-state index >= 15 is 0 Å². The SMILES string of the molecule is CC#N.CC#N.CC#N.[Mn+3].[Mn].[O-2].[O-2].[O-][Cl+3]([O-])([O-])[O-].[O-][Cl+3]([O-])([O-])[O-].[O-][Cl+3]([O-])([O-])[O-].c1ccc2c(CN(Cc3nccc4ccccc34)Cc3nccc4ccccc34)nccc2c1.c1ccc2c(CN(Cc3nccc4ccccc34)Cc3nccc4ccccc34)nccc2c1. The van der Waals surface area contributed by atoms with Gasteiger partial charge in [-0.2, -0.15) is 15.8 Å². The molecule has 6 heterocycles. The molecule has 0 aliphatic carbocycles. The molecule has 25 nitrogen and oxygen atoms in total. The summed E-state index contributed by atoms with van der Waals surface area (Å²) < 4.78 is 102. The van der Waals surface area contributed by atoms with Crippen LogP contribution < -0.4 is 55.9 Å². The Bertz CT molecular complexity index is 3690. The first kappa shape index (κ1) is 85.5. The normalized spacial score (nSPS) is 10.3. The van der Waals surface area contributed by atoms with E-state index in [-0.39, 0.29) is 45.1 Å². The van der Waals surface area contributed by atoms with Crippen LogP contribution >= 0.6 is 0 Å². The predicted octanol–water partition coefficient (Wildman–Crippen LogP) is 0.146. The summed E-state index contributed by atoms with van der Waals surface area (Å²) in [6.07, 6.45) is 11.4. The largest absolute Gasteiger partial charge is 3.00 e. The van der Waals surface area contributed by atoms with Gasteiger partial charge in [-0.1, -0.05) is 146 Å². The molecular weight excluding hydrogens is 1390 g/mol. The molecule has 0 aliphatic rings. The molecule has 12 rings (SSSR count). The van der Waals surface area contributed by atoms with Crippen molar-refractivity contribution in [2.45, 2.75) is 60.0 Å². The Hall–Kier alpha value is -8.48. The van der Waals surface area contributed by atoms with Gasteiger partial charge in [-0.15, -0.1) is 30.7 Å². The Morgan fingerprint density at radius 1 is 0.281 bits per heavy atom. The first-order valence-corrected chi connectivity index (χ1v) is 30.8. The minimum Gasteiger partial charge on any atom is -2.00 e. The average molecular weight is 1440 g/mol. The van der Waals surface area contributed by atoms with Crippen molar-refractivity contribution >= 4 is 64.6 Å². The van der Waals surface area contributed by atoms with Gasteiger partial charge in [0.15, 0.2) is 0 Å². The van der Waals surface area contributed by atoms with E-state index in [0.29, 0.717) is 39.3 Å². The number of nitrogens with zero attached hydrogens (tertiary/aromatic N) is 11. The standard InChI is InChI=1S/2C30H24N4.3C2H3N.3ClHO4.2Mn.2O/c2*1-4-10-25-22(7-1)13-16-31-28(25)19-34(20-29-26-11-5-2-8-23(26)14-17-32-29)21-30-27-12-6-3-9-24(27)15-18-33-30;3*1-2-3;3*2-1(3,4)5;;;;/h2*1-18H,19-21H2;3*1H3;3*(H,2,3,4,5);;;;/q;;;;;;;;;+3;2*-2/p-3. The van der Waals surface area contributed by atoms with Gasteiger partial charge >= 0.3 is 17.1 Å². The zero-order valence-corrected chi connectivity index (χ0v) is 55.7. The molecule has 0 saturated carbocycles. The van der Waals surface area contributed by atoms with Gasteiger partial charge in [0, 0.05) is 147 Å². The Kier molecular flexibility index (Phi) is 38.8. The molecule has 1 radical (unpaired) electrons. The third kappa shape index (κ3) is 30.5. The number of halogens is 3. The fourth-order valence-electron chi connectivity index (χ4n) is 9.46.